The quantitative estimate of drug-likeness (QED) is 0.460. The van der Waals surface area contributed by atoms with Gasteiger partial charge in [-0.25, -0.2) is 0 Å². The summed E-state index contributed by atoms with van der Waals surface area (Å²) in [6.07, 6.45) is 0. The average molecular weight is 416 g/mol. The molecule has 0 radical (unpaired) electrons. The van der Waals surface area contributed by atoms with Crippen molar-refractivity contribution in [1.82, 2.24) is 20.2 Å². The van der Waals surface area contributed by atoms with E-state index in [1.807, 2.05) is 92.7 Å². The molecule has 7 heteroatoms. The summed E-state index contributed by atoms with van der Waals surface area (Å²) in [6.45, 7) is 3.87. The molecule has 0 saturated heterocycles. The zero-order valence-corrected chi connectivity index (χ0v) is 17.5. The van der Waals surface area contributed by atoms with Crippen LogP contribution in [0.1, 0.15) is 12.5 Å². The van der Waals surface area contributed by atoms with E-state index in [2.05, 4.69) is 20.8 Å². The third kappa shape index (κ3) is 4.41. The van der Waals surface area contributed by atoms with Gasteiger partial charge in [0.1, 0.15) is 0 Å². The Kier molecular flexibility index (Phi) is 5.90. The number of para-hydroxylation sites is 1. The standard InChI is InChI=1S/C23H21N5OS/c1-16-12-14-19(15-13-16)28-23(25-26-27-28)30-17(2)22(29)24-21-11-7-6-10-20(21)18-8-4-3-5-9-18/h3-15,17H,1-2H3,(H,24,29)/t17-/m0/s1. The van der Waals surface area contributed by atoms with Crippen molar-refractivity contribution < 1.29 is 4.79 Å². The first-order valence-electron chi connectivity index (χ1n) is 9.59. The molecule has 1 amide bonds. The first kappa shape index (κ1) is 19.8. The summed E-state index contributed by atoms with van der Waals surface area (Å²) in [5.74, 6) is -0.109. The molecular formula is C23H21N5OS. The number of tetrazole rings is 1. The van der Waals surface area contributed by atoms with Crippen LogP contribution in [0.25, 0.3) is 16.8 Å². The Balaban J connectivity index is 1.50. The fourth-order valence-electron chi connectivity index (χ4n) is 3.01. The zero-order chi connectivity index (χ0) is 20.9. The summed E-state index contributed by atoms with van der Waals surface area (Å²) in [7, 11) is 0. The van der Waals surface area contributed by atoms with Gasteiger partial charge >= 0.3 is 0 Å². The number of aromatic nitrogens is 4. The van der Waals surface area contributed by atoms with Crippen molar-refractivity contribution in [2.45, 2.75) is 24.3 Å². The van der Waals surface area contributed by atoms with Crippen LogP contribution in [0.3, 0.4) is 0 Å². The summed E-state index contributed by atoms with van der Waals surface area (Å²) < 4.78 is 1.64. The van der Waals surface area contributed by atoms with Crippen molar-refractivity contribution in [2.75, 3.05) is 5.32 Å². The summed E-state index contributed by atoms with van der Waals surface area (Å²) in [4.78, 5) is 12.9. The van der Waals surface area contributed by atoms with Crippen LogP contribution in [-0.2, 0) is 4.79 Å². The number of nitrogens with zero attached hydrogens (tertiary/aromatic N) is 4. The summed E-state index contributed by atoms with van der Waals surface area (Å²) in [6, 6.07) is 25.7. The molecule has 1 N–H and O–H groups in total. The van der Waals surface area contributed by atoms with E-state index in [0.29, 0.717) is 5.16 Å². The highest BCUT2D eigenvalue weighted by molar-refractivity contribution is 8.00. The minimum absolute atomic E-state index is 0.109. The molecule has 0 aliphatic carbocycles. The van der Waals surface area contributed by atoms with Crippen molar-refractivity contribution in [1.29, 1.82) is 0 Å². The molecule has 1 atom stereocenters. The van der Waals surface area contributed by atoms with Gasteiger partial charge in [0, 0.05) is 11.3 Å². The van der Waals surface area contributed by atoms with Crippen LogP contribution in [0.2, 0.25) is 0 Å². The smallest absolute Gasteiger partial charge is 0.237 e. The van der Waals surface area contributed by atoms with Crippen LogP contribution >= 0.6 is 11.8 Å². The average Bonchev–Trinajstić information content (AvgIpc) is 3.23. The lowest BCUT2D eigenvalue weighted by Gasteiger charge is -2.15. The number of nitrogens with one attached hydrogen (secondary N) is 1. The fraction of sp³-hybridized carbons (Fsp3) is 0.130. The van der Waals surface area contributed by atoms with Gasteiger partial charge in [0.25, 0.3) is 0 Å². The molecule has 0 spiro atoms. The zero-order valence-electron chi connectivity index (χ0n) is 16.7. The number of anilines is 1. The van der Waals surface area contributed by atoms with E-state index in [9.17, 15) is 4.79 Å². The normalized spacial score (nSPS) is 11.8. The molecule has 0 bridgehead atoms. The summed E-state index contributed by atoms with van der Waals surface area (Å²) in [5, 5.41) is 15.2. The van der Waals surface area contributed by atoms with Gasteiger partial charge in [0.05, 0.1) is 10.9 Å². The molecule has 0 unspecified atom stereocenters. The predicted octanol–water partition coefficient (Wildman–Crippen LogP) is 4.76. The molecule has 0 aliphatic rings. The molecule has 3 aromatic carbocycles. The van der Waals surface area contributed by atoms with E-state index >= 15 is 0 Å². The molecule has 1 aromatic heterocycles. The number of hydrogen-bond donors (Lipinski definition) is 1. The van der Waals surface area contributed by atoms with Crippen molar-refractivity contribution in [3.63, 3.8) is 0 Å². The van der Waals surface area contributed by atoms with E-state index in [1.54, 1.807) is 4.68 Å². The topological polar surface area (TPSA) is 72.7 Å². The third-order valence-electron chi connectivity index (χ3n) is 4.64. The minimum atomic E-state index is -0.385. The molecule has 0 saturated carbocycles. The monoisotopic (exact) mass is 415 g/mol. The second kappa shape index (κ2) is 8.92. The van der Waals surface area contributed by atoms with Crippen molar-refractivity contribution in [3.05, 3.63) is 84.4 Å². The maximum Gasteiger partial charge on any atom is 0.237 e. The van der Waals surface area contributed by atoms with E-state index in [0.717, 1.165) is 28.1 Å². The second-order valence-electron chi connectivity index (χ2n) is 6.87. The molecule has 6 nitrogen and oxygen atoms in total. The Labute approximate surface area is 179 Å². The molecule has 4 aromatic rings. The Bertz CT molecular complexity index is 1140. The molecule has 0 fully saturated rings. The number of hydrogen-bond acceptors (Lipinski definition) is 5. The van der Waals surface area contributed by atoms with Crippen LogP contribution in [0.15, 0.2) is 84.0 Å². The van der Waals surface area contributed by atoms with Crippen LogP contribution in [0.4, 0.5) is 5.69 Å². The second-order valence-corrected chi connectivity index (χ2v) is 8.18. The van der Waals surface area contributed by atoms with Crippen molar-refractivity contribution in [2.24, 2.45) is 0 Å². The highest BCUT2D eigenvalue weighted by atomic mass is 32.2. The largest absolute Gasteiger partial charge is 0.325 e. The minimum Gasteiger partial charge on any atom is -0.325 e. The van der Waals surface area contributed by atoms with E-state index in [-0.39, 0.29) is 11.2 Å². The van der Waals surface area contributed by atoms with Crippen LogP contribution < -0.4 is 5.32 Å². The van der Waals surface area contributed by atoms with Crippen LogP contribution in [0, 0.1) is 6.92 Å². The number of aryl methyl sites for hydroxylation is 1. The van der Waals surface area contributed by atoms with Gasteiger partial charge < -0.3 is 5.32 Å². The number of carbonyl (C=O) groups excluding carboxylic acids is 1. The van der Waals surface area contributed by atoms with Gasteiger partial charge in [-0.2, -0.15) is 4.68 Å². The van der Waals surface area contributed by atoms with Crippen molar-refractivity contribution in [3.8, 4) is 16.8 Å². The third-order valence-corrected chi connectivity index (χ3v) is 5.67. The Morgan fingerprint density at radius 2 is 1.67 bits per heavy atom. The predicted molar refractivity (Wildman–Crippen MR) is 120 cm³/mol. The lowest BCUT2D eigenvalue weighted by molar-refractivity contribution is -0.115. The first-order chi connectivity index (χ1) is 14.6. The highest BCUT2D eigenvalue weighted by Gasteiger charge is 2.20. The summed E-state index contributed by atoms with van der Waals surface area (Å²) in [5.41, 5.74) is 4.82. The van der Waals surface area contributed by atoms with Gasteiger partial charge in [-0.3, -0.25) is 4.79 Å². The number of amides is 1. The van der Waals surface area contributed by atoms with E-state index < -0.39 is 0 Å². The molecular weight excluding hydrogens is 394 g/mol. The van der Waals surface area contributed by atoms with Gasteiger partial charge in [0.15, 0.2) is 0 Å². The maximum atomic E-state index is 12.9. The summed E-state index contributed by atoms with van der Waals surface area (Å²) >= 11 is 1.32. The van der Waals surface area contributed by atoms with Crippen LogP contribution in [0.5, 0.6) is 0 Å². The SMILES string of the molecule is Cc1ccc(-n2nnnc2S[C@@H](C)C(=O)Nc2ccccc2-c2ccccc2)cc1. The molecule has 150 valence electrons. The Morgan fingerprint density at radius 1 is 0.967 bits per heavy atom. The number of benzene rings is 3. The number of thioether (sulfide) groups is 1. The lowest BCUT2D eigenvalue weighted by atomic mass is 10.0. The van der Waals surface area contributed by atoms with Crippen LogP contribution in [-0.4, -0.2) is 31.4 Å². The first-order valence-corrected chi connectivity index (χ1v) is 10.5. The van der Waals surface area contributed by atoms with Gasteiger partial charge in [-0.1, -0.05) is 78.0 Å². The Hall–Kier alpha value is -3.45. The molecule has 30 heavy (non-hydrogen) atoms. The fourth-order valence-corrected chi connectivity index (χ4v) is 3.82. The van der Waals surface area contributed by atoms with Crippen molar-refractivity contribution >= 4 is 23.4 Å². The molecule has 4 rings (SSSR count). The number of rotatable bonds is 6. The van der Waals surface area contributed by atoms with E-state index in [1.165, 1.54) is 11.8 Å². The van der Waals surface area contributed by atoms with Gasteiger partial charge in [-0.15, -0.1) is 5.10 Å². The Morgan fingerprint density at radius 3 is 2.43 bits per heavy atom. The lowest BCUT2D eigenvalue weighted by Crippen LogP contribution is -2.23. The van der Waals surface area contributed by atoms with Gasteiger partial charge in [0.2, 0.25) is 11.1 Å². The van der Waals surface area contributed by atoms with Gasteiger partial charge in [-0.05, 0) is 48.0 Å². The van der Waals surface area contributed by atoms with E-state index in [4.69, 9.17) is 0 Å². The number of carbonyl (C=O) groups is 1. The highest BCUT2D eigenvalue weighted by Crippen LogP contribution is 2.29. The molecule has 0 aliphatic heterocycles. The molecule has 1 heterocycles. The maximum absolute atomic E-state index is 12.9.